The summed E-state index contributed by atoms with van der Waals surface area (Å²) in [6.07, 6.45) is -4.41. The van der Waals surface area contributed by atoms with Gasteiger partial charge in [0.25, 0.3) is 0 Å². The van der Waals surface area contributed by atoms with Crippen molar-refractivity contribution in [1.82, 2.24) is 19.5 Å². The van der Waals surface area contributed by atoms with Gasteiger partial charge >= 0.3 is 25.7 Å². The first-order valence-electron chi connectivity index (χ1n) is 14.2. The van der Waals surface area contributed by atoms with E-state index in [4.69, 9.17) is 18.5 Å². The average molecular weight is 644 g/mol. The molecule has 16 heteroatoms. The average Bonchev–Trinajstić information content (AvgIpc) is 3.48. The molecule has 2 fully saturated rings. The fourth-order valence-corrected chi connectivity index (χ4v) is 6.50. The number of aromatic nitrogens is 2. The van der Waals surface area contributed by atoms with Crippen LogP contribution in [0.3, 0.4) is 0 Å². The van der Waals surface area contributed by atoms with Crippen molar-refractivity contribution in [3.63, 3.8) is 0 Å². The molecule has 2 aromatic rings. The summed E-state index contributed by atoms with van der Waals surface area (Å²) in [5.41, 5.74) is -0.966. The highest BCUT2D eigenvalue weighted by Crippen LogP contribution is 2.54. The molecule has 44 heavy (non-hydrogen) atoms. The third-order valence-corrected chi connectivity index (χ3v) is 8.89. The van der Waals surface area contributed by atoms with Crippen LogP contribution < -0.4 is 15.3 Å². The molecular weight excluding hydrogens is 605 g/mol. The van der Waals surface area contributed by atoms with E-state index in [2.05, 4.69) is 10.1 Å². The molecule has 3 heterocycles. The van der Waals surface area contributed by atoms with Crippen molar-refractivity contribution in [2.75, 3.05) is 20.2 Å². The normalized spacial score (nSPS) is 25.5. The quantitative estimate of drug-likeness (QED) is 0.216. The van der Waals surface area contributed by atoms with Crippen LogP contribution in [0, 0.1) is 0 Å². The van der Waals surface area contributed by atoms with E-state index in [0.29, 0.717) is 11.0 Å². The van der Waals surface area contributed by atoms with E-state index < -0.39 is 62.9 Å². The molecule has 2 aliphatic rings. The molecule has 2 saturated heterocycles. The van der Waals surface area contributed by atoms with Crippen molar-refractivity contribution >= 4 is 19.8 Å². The molecular formula is C28H38F2N4O9P+. The van der Waals surface area contributed by atoms with Crippen LogP contribution in [0.25, 0.3) is 0 Å². The number of hydrogen-bond acceptors (Lipinski definition) is 12. The van der Waals surface area contributed by atoms with Crippen molar-refractivity contribution in [1.29, 1.82) is 0 Å². The SMILES string of the molecule is CC(C)OC(=O)[C@@H](C)N[P+](O)(OC[C@H]1O[C@@H](n2ccc(CC(=O)[C@H]3CCCN3C)nc2=O)C(F)(F)[C@@H]1O)Oc1ccccc1. The Bertz CT molecular complexity index is 1370. The monoisotopic (exact) mass is 643 g/mol. The van der Waals surface area contributed by atoms with Crippen LogP contribution in [0.4, 0.5) is 8.78 Å². The number of carbonyl (C=O) groups excluding carboxylic acids is 2. The lowest BCUT2D eigenvalue weighted by Gasteiger charge is -2.22. The maximum absolute atomic E-state index is 15.2. The number of rotatable bonds is 13. The molecule has 0 radical (unpaired) electrons. The molecule has 13 nitrogen and oxygen atoms in total. The van der Waals surface area contributed by atoms with E-state index in [-0.39, 0.29) is 29.7 Å². The van der Waals surface area contributed by atoms with Gasteiger partial charge in [-0.3, -0.25) is 23.6 Å². The number of esters is 1. The van der Waals surface area contributed by atoms with Crippen LogP contribution in [0.15, 0.2) is 47.4 Å². The zero-order valence-electron chi connectivity index (χ0n) is 24.8. The van der Waals surface area contributed by atoms with E-state index in [1.54, 1.807) is 32.0 Å². The van der Waals surface area contributed by atoms with Gasteiger partial charge < -0.3 is 14.6 Å². The molecule has 2 aliphatic heterocycles. The first-order valence-corrected chi connectivity index (χ1v) is 15.8. The van der Waals surface area contributed by atoms with Gasteiger partial charge in [0.1, 0.15) is 18.8 Å². The number of aliphatic hydroxyl groups is 1. The Labute approximate surface area is 253 Å². The summed E-state index contributed by atoms with van der Waals surface area (Å²) in [5, 5.41) is 13.0. The molecule has 0 spiro atoms. The van der Waals surface area contributed by atoms with Gasteiger partial charge in [0.15, 0.2) is 17.6 Å². The highest BCUT2D eigenvalue weighted by Gasteiger charge is 2.61. The Morgan fingerprint density at radius 2 is 1.93 bits per heavy atom. The van der Waals surface area contributed by atoms with Gasteiger partial charge in [0, 0.05) is 6.20 Å². The summed E-state index contributed by atoms with van der Waals surface area (Å²) in [7, 11) is -2.37. The van der Waals surface area contributed by atoms with E-state index >= 15 is 8.78 Å². The molecule has 242 valence electrons. The summed E-state index contributed by atoms with van der Waals surface area (Å²) in [6.45, 7) is 4.64. The van der Waals surface area contributed by atoms with Gasteiger partial charge in [-0.05, 0) is 65.4 Å². The number of para-hydroxylation sites is 1. The van der Waals surface area contributed by atoms with Crippen molar-refractivity contribution < 1.29 is 46.9 Å². The molecule has 0 bridgehead atoms. The Hall–Kier alpha value is -2.91. The first-order chi connectivity index (χ1) is 20.7. The minimum absolute atomic E-state index is 0.126. The Kier molecular flexibility index (Phi) is 10.8. The molecule has 0 aliphatic carbocycles. The second-order valence-electron chi connectivity index (χ2n) is 11.1. The zero-order valence-corrected chi connectivity index (χ0v) is 25.7. The van der Waals surface area contributed by atoms with Gasteiger partial charge in [0.05, 0.1) is 24.3 Å². The van der Waals surface area contributed by atoms with Gasteiger partial charge in [-0.1, -0.05) is 23.3 Å². The predicted octanol–water partition coefficient (Wildman–Crippen LogP) is 2.04. The van der Waals surface area contributed by atoms with Crippen LogP contribution in [0.2, 0.25) is 0 Å². The number of alkyl halides is 2. The van der Waals surface area contributed by atoms with E-state index in [1.165, 1.54) is 25.1 Å². The van der Waals surface area contributed by atoms with Gasteiger partial charge in [-0.15, -0.1) is 0 Å². The smallest absolute Gasteiger partial charge is 0.462 e. The molecule has 0 amide bonds. The lowest BCUT2D eigenvalue weighted by molar-refractivity contribution is -0.149. The second kappa shape index (κ2) is 14.0. The highest BCUT2D eigenvalue weighted by atomic mass is 31.2. The maximum Gasteiger partial charge on any atom is 0.544 e. The first kappa shape index (κ1) is 34.0. The molecule has 0 saturated carbocycles. The molecule has 6 atom stereocenters. The van der Waals surface area contributed by atoms with Crippen LogP contribution in [-0.2, 0) is 30.0 Å². The maximum atomic E-state index is 15.2. The highest BCUT2D eigenvalue weighted by molar-refractivity contribution is 7.58. The summed E-state index contributed by atoms with van der Waals surface area (Å²) in [6, 6.07) is 7.79. The van der Waals surface area contributed by atoms with Gasteiger partial charge in [-0.25, -0.2) is 4.79 Å². The van der Waals surface area contributed by atoms with Crippen molar-refractivity contribution in [2.45, 2.75) is 82.6 Å². The Balaban J connectivity index is 1.47. The largest absolute Gasteiger partial charge is 0.544 e. The number of nitrogens with one attached hydrogen (secondary N) is 1. The zero-order chi connectivity index (χ0) is 32.2. The van der Waals surface area contributed by atoms with Crippen LogP contribution in [-0.4, -0.2) is 92.7 Å². The third kappa shape index (κ3) is 8.02. The van der Waals surface area contributed by atoms with E-state index in [0.717, 1.165) is 19.2 Å². The van der Waals surface area contributed by atoms with Crippen molar-refractivity contribution in [3.05, 3.63) is 58.8 Å². The number of benzene rings is 1. The van der Waals surface area contributed by atoms with Crippen LogP contribution >= 0.6 is 8.09 Å². The van der Waals surface area contributed by atoms with E-state index in [1.807, 2.05) is 11.9 Å². The number of likely N-dealkylation sites (tertiary alicyclic amines) is 1. The van der Waals surface area contributed by atoms with E-state index in [9.17, 15) is 24.4 Å². The van der Waals surface area contributed by atoms with Crippen molar-refractivity contribution in [3.8, 4) is 5.75 Å². The number of halogens is 2. The third-order valence-electron chi connectivity index (χ3n) is 7.22. The number of nitrogens with zero attached hydrogens (tertiary/aromatic N) is 3. The number of likely N-dealkylation sites (N-methyl/N-ethyl adjacent to an activating group) is 1. The minimum atomic E-state index is -4.20. The summed E-state index contributed by atoms with van der Waals surface area (Å²) in [4.78, 5) is 54.8. The topological polar surface area (TPSA) is 162 Å². The summed E-state index contributed by atoms with van der Waals surface area (Å²) < 4.78 is 52.6. The number of ketones is 1. The number of carbonyl (C=O) groups is 2. The lowest BCUT2D eigenvalue weighted by Crippen LogP contribution is -2.42. The molecule has 3 N–H and O–H groups in total. The minimum Gasteiger partial charge on any atom is -0.462 e. The summed E-state index contributed by atoms with van der Waals surface area (Å²) >= 11 is 0. The van der Waals surface area contributed by atoms with Crippen molar-refractivity contribution in [2.24, 2.45) is 0 Å². The van der Waals surface area contributed by atoms with Crippen LogP contribution in [0.1, 0.15) is 45.5 Å². The fourth-order valence-electron chi connectivity index (χ4n) is 4.96. The number of ether oxygens (including phenoxy) is 2. The number of Topliss-reactive ketones (excluding diaryl/α,β-unsaturated/α-hetero) is 1. The second-order valence-corrected chi connectivity index (χ2v) is 12.8. The lowest BCUT2D eigenvalue weighted by atomic mass is 10.1. The number of aliphatic hydroxyl groups excluding tert-OH is 1. The molecule has 4 rings (SSSR count). The Morgan fingerprint density at radius 3 is 2.55 bits per heavy atom. The van der Waals surface area contributed by atoms with Gasteiger partial charge in [0.2, 0.25) is 6.23 Å². The fraction of sp³-hybridized carbons (Fsp3) is 0.571. The summed E-state index contributed by atoms with van der Waals surface area (Å²) in [5.74, 6) is -4.68. The molecule has 1 aromatic heterocycles. The standard InChI is InChI=1S/C28H38F2N4O9P/c1-17(2)41-25(37)18(3)32-44(39,43-20-9-6-5-7-10-20)40-16-23-24(36)28(29,30)26(42-23)34-14-12-19(31-27(34)38)15-22(35)21-11-8-13-33(21)4/h5-7,9-10,12,14,17-18,21,23-24,26,32,36,39H,8,11,13,15-16H2,1-4H3/q+1/t18-,21-,23-,24-,26-,44?/m1/s1. The van der Waals surface area contributed by atoms with Gasteiger partial charge in [-0.2, -0.15) is 23.2 Å². The predicted molar refractivity (Wildman–Crippen MR) is 154 cm³/mol. The van der Waals surface area contributed by atoms with Crippen LogP contribution in [0.5, 0.6) is 5.75 Å². The molecule has 1 unspecified atom stereocenters. The molecule has 1 aromatic carbocycles. The Morgan fingerprint density at radius 1 is 1.23 bits per heavy atom. The number of hydrogen-bond donors (Lipinski definition) is 3.